The molecule has 2 fully saturated rings. The van der Waals surface area contributed by atoms with Crippen LogP contribution >= 0.6 is 27.5 Å². The lowest BCUT2D eigenvalue weighted by Gasteiger charge is -2.19. The van der Waals surface area contributed by atoms with E-state index in [1.54, 1.807) is 25.3 Å². The van der Waals surface area contributed by atoms with Gasteiger partial charge in [0.1, 0.15) is 30.5 Å². The van der Waals surface area contributed by atoms with Crippen LogP contribution in [0.15, 0.2) is 41.1 Å². The number of nitrogens with one attached hydrogen (secondary N) is 1. The van der Waals surface area contributed by atoms with Gasteiger partial charge in [-0.25, -0.2) is 9.97 Å². The van der Waals surface area contributed by atoms with Crippen LogP contribution in [0.2, 0.25) is 5.02 Å². The number of fused-ring (bicyclic) bond motifs is 2. The zero-order valence-corrected chi connectivity index (χ0v) is 18.8. The number of methoxy groups -OCH3 is 1. The van der Waals surface area contributed by atoms with Crippen molar-refractivity contribution < 1.29 is 24.1 Å². The fourth-order valence-electron chi connectivity index (χ4n) is 3.87. The van der Waals surface area contributed by atoms with E-state index in [9.17, 15) is 5.11 Å². The van der Waals surface area contributed by atoms with Gasteiger partial charge in [-0.15, -0.1) is 0 Å². The topological polar surface area (TPSA) is 95.0 Å². The van der Waals surface area contributed by atoms with Gasteiger partial charge >= 0.3 is 0 Å². The van der Waals surface area contributed by atoms with Gasteiger partial charge in [0.2, 0.25) is 0 Å². The summed E-state index contributed by atoms with van der Waals surface area (Å²) in [4.78, 5) is 8.63. The SMILES string of the molecule is CO[C@H]1COC2C1OC[C@H]2Oc1cc2ncnc(Nc3ccc(Br)c(Cl)c3)c2cc1O. The Kier molecular flexibility index (Phi) is 5.61. The molecule has 8 nitrogen and oxygen atoms in total. The summed E-state index contributed by atoms with van der Waals surface area (Å²) < 4.78 is 23.8. The Morgan fingerprint density at radius 1 is 1.13 bits per heavy atom. The van der Waals surface area contributed by atoms with Crippen molar-refractivity contribution >= 4 is 49.9 Å². The lowest BCUT2D eigenvalue weighted by atomic mass is 10.1. The van der Waals surface area contributed by atoms with E-state index < -0.39 is 0 Å². The van der Waals surface area contributed by atoms with Gasteiger partial charge in [0.05, 0.1) is 23.8 Å². The summed E-state index contributed by atoms with van der Waals surface area (Å²) >= 11 is 9.55. The largest absolute Gasteiger partial charge is 0.504 e. The third-order valence-electron chi connectivity index (χ3n) is 5.44. The van der Waals surface area contributed by atoms with E-state index in [2.05, 4.69) is 31.2 Å². The normalized spacial score (nSPS) is 25.0. The van der Waals surface area contributed by atoms with E-state index in [0.29, 0.717) is 40.7 Å². The summed E-state index contributed by atoms with van der Waals surface area (Å²) in [5.41, 5.74) is 1.37. The zero-order chi connectivity index (χ0) is 21.5. The van der Waals surface area contributed by atoms with E-state index in [1.807, 2.05) is 12.1 Å². The summed E-state index contributed by atoms with van der Waals surface area (Å²) in [6.07, 6.45) is 0.567. The van der Waals surface area contributed by atoms with E-state index in [4.69, 9.17) is 30.5 Å². The molecular weight excluding hydrogens is 490 g/mol. The Labute approximate surface area is 191 Å². The number of aromatic hydroxyl groups is 1. The molecular formula is C21H19BrClN3O5. The van der Waals surface area contributed by atoms with Gasteiger partial charge < -0.3 is 29.4 Å². The monoisotopic (exact) mass is 507 g/mol. The van der Waals surface area contributed by atoms with Crippen LogP contribution in [0.1, 0.15) is 0 Å². The fraction of sp³-hybridized carbons (Fsp3) is 0.333. The quantitative estimate of drug-likeness (QED) is 0.533. The van der Waals surface area contributed by atoms with Crippen LogP contribution in [0.25, 0.3) is 10.9 Å². The van der Waals surface area contributed by atoms with E-state index in [1.165, 1.54) is 6.33 Å². The number of phenolic OH excluding ortho intramolecular Hbond substituents is 1. The van der Waals surface area contributed by atoms with Crippen LogP contribution in [0, 0.1) is 0 Å². The van der Waals surface area contributed by atoms with E-state index in [0.717, 1.165) is 10.2 Å². The Balaban J connectivity index is 1.40. The van der Waals surface area contributed by atoms with Crippen molar-refractivity contribution in [3.63, 3.8) is 0 Å². The zero-order valence-electron chi connectivity index (χ0n) is 16.4. The predicted octanol–water partition coefficient (Wildman–Crippen LogP) is 4.05. The standard InChI is InChI=1S/C21H19BrClN3O5/c1-28-17-7-29-20-18(8-30-19(17)20)31-16-6-14-11(5-15(16)27)21(25-9-24-14)26-10-2-3-12(22)13(23)4-10/h2-6,9,17-20,27H,7-8H2,1H3,(H,24,25,26)/t17-,18+,19?,20?/m0/s1. The highest BCUT2D eigenvalue weighted by atomic mass is 79.9. The maximum Gasteiger partial charge on any atom is 0.163 e. The molecule has 0 radical (unpaired) electrons. The molecule has 2 N–H and O–H groups in total. The minimum absolute atomic E-state index is 0.0241. The van der Waals surface area contributed by atoms with Crippen LogP contribution < -0.4 is 10.1 Å². The molecule has 0 saturated carbocycles. The first kappa shape index (κ1) is 20.7. The van der Waals surface area contributed by atoms with Crippen LogP contribution in [-0.4, -0.2) is 59.8 Å². The second-order valence-corrected chi connectivity index (χ2v) is 8.60. The highest BCUT2D eigenvalue weighted by Crippen LogP contribution is 2.38. The highest BCUT2D eigenvalue weighted by Gasteiger charge is 2.49. The molecule has 2 aromatic carbocycles. The molecule has 5 rings (SSSR count). The average Bonchev–Trinajstić information content (AvgIpc) is 3.34. The van der Waals surface area contributed by atoms with Crippen molar-refractivity contribution in [3.8, 4) is 11.5 Å². The van der Waals surface area contributed by atoms with Crippen molar-refractivity contribution in [3.05, 3.63) is 46.2 Å². The summed E-state index contributed by atoms with van der Waals surface area (Å²) in [5, 5.41) is 15.1. The summed E-state index contributed by atoms with van der Waals surface area (Å²) in [5.74, 6) is 0.822. The van der Waals surface area contributed by atoms with Crippen molar-refractivity contribution in [2.45, 2.75) is 24.4 Å². The van der Waals surface area contributed by atoms with Crippen molar-refractivity contribution in [2.75, 3.05) is 25.6 Å². The molecule has 2 aliphatic rings. The fourth-order valence-corrected chi connectivity index (χ4v) is 4.30. The molecule has 3 heterocycles. The molecule has 10 heteroatoms. The molecule has 0 spiro atoms. The molecule has 2 aliphatic heterocycles. The molecule has 3 aromatic rings. The smallest absolute Gasteiger partial charge is 0.163 e. The second-order valence-electron chi connectivity index (χ2n) is 7.34. The molecule has 31 heavy (non-hydrogen) atoms. The molecule has 1 aromatic heterocycles. The van der Waals surface area contributed by atoms with Crippen molar-refractivity contribution in [2.24, 2.45) is 0 Å². The van der Waals surface area contributed by atoms with Crippen molar-refractivity contribution in [1.82, 2.24) is 9.97 Å². The first-order valence-electron chi connectivity index (χ1n) is 9.66. The Bertz CT molecular complexity index is 1130. The minimum Gasteiger partial charge on any atom is -0.504 e. The number of phenols is 1. The lowest BCUT2D eigenvalue weighted by Crippen LogP contribution is -2.35. The lowest BCUT2D eigenvalue weighted by molar-refractivity contribution is -0.0140. The second kappa shape index (κ2) is 8.40. The maximum atomic E-state index is 10.6. The van der Waals surface area contributed by atoms with Gasteiger partial charge in [-0.2, -0.15) is 0 Å². The first-order valence-corrected chi connectivity index (χ1v) is 10.8. The number of hydrogen-bond donors (Lipinski definition) is 2. The molecule has 0 aliphatic carbocycles. The average molecular weight is 509 g/mol. The minimum atomic E-state index is -0.349. The van der Waals surface area contributed by atoms with Gasteiger partial charge in [0.15, 0.2) is 17.6 Å². The summed E-state index contributed by atoms with van der Waals surface area (Å²) in [6.45, 7) is 0.811. The number of ether oxygens (including phenoxy) is 4. The molecule has 2 saturated heterocycles. The Morgan fingerprint density at radius 3 is 2.68 bits per heavy atom. The third-order valence-corrected chi connectivity index (χ3v) is 6.67. The number of aromatic nitrogens is 2. The van der Waals surface area contributed by atoms with Crippen LogP contribution in [0.4, 0.5) is 11.5 Å². The number of benzene rings is 2. The number of rotatable bonds is 5. The predicted molar refractivity (Wildman–Crippen MR) is 118 cm³/mol. The molecule has 162 valence electrons. The maximum absolute atomic E-state index is 10.6. The third kappa shape index (κ3) is 3.92. The molecule has 4 atom stereocenters. The van der Waals surface area contributed by atoms with Crippen molar-refractivity contribution in [1.29, 1.82) is 0 Å². The highest BCUT2D eigenvalue weighted by molar-refractivity contribution is 9.10. The summed E-state index contributed by atoms with van der Waals surface area (Å²) in [6, 6.07) is 8.75. The number of anilines is 2. The van der Waals surface area contributed by atoms with E-state index in [-0.39, 0.29) is 30.2 Å². The van der Waals surface area contributed by atoms with Gasteiger partial charge in [-0.3, -0.25) is 0 Å². The molecule has 0 bridgehead atoms. The van der Waals surface area contributed by atoms with Gasteiger partial charge in [-0.1, -0.05) is 11.6 Å². The molecule has 0 amide bonds. The molecule has 2 unspecified atom stereocenters. The Morgan fingerprint density at radius 2 is 1.90 bits per heavy atom. The van der Waals surface area contributed by atoms with Crippen LogP contribution in [0.5, 0.6) is 11.5 Å². The van der Waals surface area contributed by atoms with E-state index >= 15 is 0 Å². The van der Waals surface area contributed by atoms with Gasteiger partial charge in [0.25, 0.3) is 0 Å². The van der Waals surface area contributed by atoms with Gasteiger partial charge in [-0.05, 0) is 40.2 Å². The van der Waals surface area contributed by atoms with Gasteiger partial charge in [0, 0.05) is 28.7 Å². The number of hydrogen-bond acceptors (Lipinski definition) is 8. The number of nitrogens with zero attached hydrogens (tertiary/aromatic N) is 2. The first-order chi connectivity index (χ1) is 15.0. The summed E-state index contributed by atoms with van der Waals surface area (Å²) in [7, 11) is 1.64. The van der Waals surface area contributed by atoms with Crippen LogP contribution in [0.3, 0.4) is 0 Å². The Hall–Kier alpha value is -2.17. The number of halogens is 2. The van der Waals surface area contributed by atoms with Crippen LogP contribution in [-0.2, 0) is 14.2 Å².